The number of amides is 1. The SMILES string of the molecule is CCS(=O)(=O)N1CCN(Cc2ccc(C(=O)NCc3cccc(CN4CCCC4)c3)cc2)CC1. The molecule has 2 aliphatic rings. The van der Waals surface area contributed by atoms with Crippen molar-refractivity contribution in [3.63, 3.8) is 0 Å². The van der Waals surface area contributed by atoms with Crippen molar-refractivity contribution in [3.8, 4) is 0 Å². The highest BCUT2D eigenvalue weighted by atomic mass is 32.2. The Kier molecular flexibility index (Phi) is 8.37. The van der Waals surface area contributed by atoms with Crippen LogP contribution in [0.4, 0.5) is 0 Å². The third-order valence-corrected chi connectivity index (χ3v) is 8.64. The number of benzene rings is 2. The Bertz CT molecular complexity index is 1060. The largest absolute Gasteiger partial charge is 0.348 e. The Morgan fingerprint density at radius 1 is 0.824 bits per heavy atom. The number of rotatable bonds is 9. The lowest BCUT2D eigenvalue weighted by Crippen LogP contribution is -2.48. The van der Waals surface area contributed by atoms with Gasteiger partial charge in [-0.3, -0.25) is 14.6 Å². The van der Waals surface area contributed by atoms with Gasteiger partial charge in [0.05, 0.1) is 5.75 Å². The van der Waals surface area contributed by atoms with Crippen molar-refractivity contribution >= 4 is 15.9 Å². The number of sulfonamides is 1. The van der Waals surface area contributed by atoms with Crippen LogP contribution >= 0.6 is 0 Å². The van der Waals surface area contributed by atoms with Crippen molar-refractivity contribution in [1.29, 1.82) is 0 Å². The lowest BCUT2D eigenvalue weighted by Gasteiger charge is -2.33. The average molecular weight is 485 g/mol. The maximum absolute atomic E-state index is 12.6. The summed E-state index contributed by atoms with van der Waals surface area (Å²) >= 11 is 0. The summed E-state index contributed by atoms with van der Waals surface area (Å²) in [5.41, 5.74) is 4.19. The molecule has 0 unspecified atom stereocenters. The van der Waals surface area contributed by atoms with E-state index < -0.39 is 10.0 Å². The second-order valence-electron chi connectivity index (χ2n) is 9.26. The molecule has 0 radical (unpaired) electrons. The fraction of sp³-hybridized carbons (Fsp3) is 0.500. The van der Waals surface area contributed by atoms with Gasteiger partial charge in [0.25, 0.3) is 5.91 Å². The number of carbonyl (C=O) groups is 1. The van der Waals surface area contributed by atoms with Gasteiger partial charge in [-0.05, 0) is 61.7 Å². The summed E-state index contributed by atoms with van der Waals surface area (Å²) in [5, 5.41) is 3.04. The smallest absolute Gasteiger partial charge is 0.251 e. The number of piperazine rings is 1. The van der Waals surface area contributed by atoms with Gasteiger partial charge < -0.3 is 5.32 Å². The van der Waals surface area contributed by atoms with Crippen molar-refractivity contribution in [2.45, 2.75) is 39.4 Å². The van der Waals surface area contributed by atoms with Crippen LogP contribution in [0.5, 0.6) is 0 Å². The molecule has 0 atom stereocenters. The van der Waals surface area contributed by atoms with Crippen LogP contribution in [-0.2, 0) is 29.7 Å². The second-order valence-corrected chi connectivity index (χ2v) is 11.5. The molecular formula is C26H36N4O3S. The Morgan fingerprint density at radius 3 is 2.12 bits per heavy atom. The molecule has 7 nitrogen and oxygen atoms in total. The molecule has 2 heterocycles. The van der Waals surface area contributed by atoms with E-state index in [1.807, 2.05) is 24.3 Å². The van der Waals surface area contributed by atoms with E-state index in [2.05, 4.69) is 39.4 Å². The fourth-order valence-corrected chi connectivity index (χ4v) is 5.77. The van der Waals surface area contributed by atoms with Gasteiger partial charge in [-0.1, -0.05) is 36.4 Å². The van der Waals surface area contributed by atoms with Crippen molar-refractivity contribution in [2.75, 3.05) is 45.0 Å². The zero-order chi connectivity index (χ0) is 24.0. The van der Waals surface area contributed by atoms with Gasteiger partial charge in [-0.15, -0.1) is 0 Å². The molecule has 2 fully saturated rings. The Hall–Kier alpha value is -2.26. The van der Waals surface area contributed by atoms with E-state index in [1.54, 1.807) is 11.2 Å². The van der Waals surface area contributed by atoms with Gasteiger partial charge in [0.2, 0.25) is 10.0 Å². The van der Waals surface area contributed by atoms with Crippen molar-refractivity contribution in [2.24, 2.45) is 0 Å². The van der Waals surface area contributed by atoms with Gasteiger partial charge in [0.15, 0.2) is 0 Å². The van der Waals surface area contributed by atoms with Crippen molar-refractivity contribution in [1.82, 2.24) is 19.4 Å². The van der Waals surface area contributed by atoms with Crippen LogP contribution in [0.1, 0.15) is 46.8 Å². The van der Waals surface area contributed by atoms with E-state index in [9.17, 15) is 13.2 Å². The lowest BCUT2D eigenvalue weighted by molar-refractivity contribution is 0.0951. The van der Waals surface area contributed by atoms with E-state index in [-0.39, 0.29) is 11.7 Å². The summed E-state index contributed by atoms with van der Waals surface area (Å²) in [6.45, 7) is 8.80. The Balaban J connectivity index is 1.24. The molecule has 4 rings (SSSR count). The molecule has 2 aromatic rings. The Labute approximate surface area is 203 Å². The second kappa shape index (κ2) is 11.4. The molecular weight excluding hydrogens is 448 g/mol. The first-order valence-corrected chi connectivity index (χ1v) is 13.9. The van der Waals surface area contributed by atoms with E-state index in [4.69, 9.17) is 0 Å². The Morgan fingerprint density at radius 2 is 1.44 bits per heavy atom. The predicted molar refractivity (Wildman–Crippen MR) is 135 cm³/mol. The molecule has 1 amide bonds. The van der Waals surface area contributed by atoms with E-state index in [0.29, 0.717) is 25.2 Å². The molecule has 184 valence electrons. The highest BCUT2D eigenvalue weighted by Gasteiger charge is 2.25. The zero-order valence-corrected chi connectivity index (χ0v) is 20.9. The minimum Gasteiger partial charge on any atom is -0.348 e. The quantitative estimate of drug-likeness (QED) is 0.593. The van der Waals surface area contributed by atoms with E-state index in [1.165, 1.54) is 31.5 Å². The molecule has 34 heavy (non-hydrogen) atoms. The first kappa shape index (κ1) is 24.9. The first-order valence-electron chi connectivity index (χ1n) is 12.3. The molecule has 2 aliphatic heterocycles. The predicted octanol–water partition coefficient (Wildman–Crippen LogP) is 2.68. The molecule has 1 N–H and O–H groups in total. The van der Waals surface area contributed by atoms with Crippen LogP contribution in [0.15, 0.2) is 48.5 Å². The van der Waals surface area contributed by atoms with Crippen LogP contribution < -0.4 is 5.32 Å². The number of hydrogen-bond donors (Lipinski definition) is 1. The molecule has 8 heteroatoms. The normalized spacial score (nSPS) is 18.3. The fourth-order valence-electron chi connectivity index (χ4n) is 4.69. The van der Waals surface area contributed by atoms with Gasteiger partial charge in [-0.25, -0.2) is 8.42 Å². The van der Waals surface area contributed by atoms with Crippen LogP contribution in [0.3, 0.4) is 0 Å². The summed E-state index contributed by atoms with van der Waals surface area (Å²) < 4.78 is 25.6. The standard InChI is InChI=1S/C26H36N4O3S/c1-2-34(32,33)30-16-14-29(15-17-30)20-22-8-10-25(11-9-22)26(31)27-19-23-6-5-7-24(18-23)21-28-12-3-4-13-28/h5-11,18H,2-4,12-17,19-21H2,1H3,(H,27,31). The van der Waals surface area contributed by atoms with Crippen molar-refractivity contribution < 1.29 is 13.2 Å². The van der Waals surface area contributed by atoms with Crippen LogP contribution in [0.2, 0.25) is 0 Å². The molecule has 0 bridgehead atoms. The first-order chi connectivity index (χ1) is 16.4. The summed E-state index contributed by atoms with van der Waals surface area (Å²) in [5.74, 6) is 0.0792. The highest BCUT2D eigenvalue weighted by molar-refractivity contribution is 7.89. The van der Waals surface area contributed by atoms with Crippen LogP contribution in [0, 0.1) is 0 Å². The number of nitrogens with zero attached hydrogens (tertiary/aromatic N) is 3. The maximum atomic E-state index is 12.6. The summed E-state index contributed by atoms with van der Waals surface area (Å²) in [7, 11) is -3.11. The third-order valence-electron chi connectivity index (χ3n) is 6.76. The molecule has 0 spiro atoms. The minimum absolute atomic E-state index is 0.0742. The molecule has 2 saturated heterocycles. The van der Waals surface area contributed by atoms with Gasteiger partial charge >= 0.3 is 0 Å². The molecule has 0 aromatic heterocycles. The van der Waals surface area contributed by atoms with Crippen molar-refractivity contribution in [3.05, 3.63) is 70.8 Å². The van der Waals surface area contributed by atoms with Gasteiger partial charge in [-0.2, -0.15) is 4.31 Å². The van der Waals surface area contributed by atoms with Gasteiger partial charge in [0, 0.05) is 51.4 Å². The maximum Gasteiger partial charge on any atom is 0.251 e. The van der Waals surface area contributed by atoms with E-state index in [0.717, 1.165) is 37.3 Å². The van der Waals surface area contributed by atoms with Crippen LogP contribution in [-0.4, -0.2) is 73.5 Å². The summed E-state index contributed by atoms with van der Waals surface area (Å²) in [6, 6.07) is 16.2. The molecule has 2 aromatic carbocycles. The zero-order valence-electron chi connectivity index (χ0n) is 20.1. The number of carbonyl (C=O) groups excluding carboxylic acids is 1. The summed E-state index contributed by atoms with van der Waals surface area (Å²) in [4.78, 5) is 17.4. The van der Waals surface area contributed by atoms with Crippen LogP contribution in [0.25, 0.3) is 0 Å². The topological polar surface area (TPSA) is 73.0 Å². The number of hydrogen-bond acceptors (Lipinski definition) is 5. The monoisotopic (exact) mass is 484 g/mol. The molecule has 0 saturated carbocycles. The lowest BCUT2D eigenvalue weighted by atomic mass is 10.1. The number of likely N-dealkylation sites (tertiary alicyclic amines) is 1. The molecule has 0 aliphatic carbocycles. The summed E-state index contributed by atoms with van der Waals surface area (Å²) in [6.07, 6.45) is 2.57. The average Bonchev–Trinajstić information content (AvgIpc) is 3.37. The van der Waals surface area contributed by atoms with Gasteiger partial charge in [0.1, 0.15) is 0 Å². The minimum atomic E-state index is -3.11. The highest BCUT2D eigenvalue weighted by Crippen LogP contribution is 2.15. The third kappa shape index (κ3) is 6.66. The van der Waals surface area contributed by atoms with E-state index >= 15 is 0 Å². The number of nitrogens with one attached hydrogen (secondary N) is 1.